The predicted octanol–water partition coefficient (Wildman–Crippen LogP) is 3.66. The van der Waals surface area contributed by atoms with Gasteiger partial charge in [-0.05, 0) is 42.2 Å². The second-order valence-electron chi connectivity index (χ2n) is 9.75. The van der Waals surface area contributed by atoms with Crippen LogP contribution in [0.5, 0.6) is 11.5 Å². The lowest BCUT2D eigenvalue weighted by molar-refractivity contribution is -0.140. The third-order valence-corrected chi connectivity index (χ3v) is 7.89. The summed E-state index contributed by atoms with van der Waals surface area (Å²) in [5, 5.41) is 2.94. The van der Waals surface area contributed by atoms with E-state index in [-0.39, 0.29) is 31.4 Å². The fourth-order valence-corrected chi connectivity index (χ4v) is 5.39. The van der Waals surface area contributed by atoms with E-state index in [0.717, 1.165) is 33.7 Å². The van der Waals surface area contributed by atoms with Crippen LogP contribution < -0.4 is 19.1 Å². The number of sulfonamides is 1. The molecule has 1 atom stereocenters. The lowest BCUT2D eigenvalue weighted by atomic mass is 10.0. The van der Waals surface area contributed by atoms with Crippen molar-refractivity contribution in [1.29, 1.82) is 0 Å². The number of hydrogen-bond acceptors (Lipinski definition) is 6. The third-order valence-electron chi connectivity index (χ3n) is 6.75. The van der Waals surface area contributed by atoms with Crippen molar-refractivity contribution >= 4 is 27.5 Å². The molecule has 212 valence electrons. The van der Waals surface area contributed by atoms with Crippen molar-refractivity contribution in [2.45, 2.75) is 39.3 Å². The number of nitrogens with one attached hydrogen (secondary N) is 1. The van der Waals surface area contributed by atoms with Crippen LogP contribution in [0.1, 0.15) is 30.0 Å². The Labute approximate surface area is 235 Å². The zero-order valence-electron chi connectivity index (χ0n) is 23.0. The molecule has 0 fully saturated rings. The van der Waals surface area contributed by atoms with Gasteiger partial charge in [-0.2, -0.15) is 0 Å². The van der Waals surface area contributed by atoms with Crippen LogP contribution in [-0.4, -0.2) is 57.3 Å². The molecule has 1 aliphatic rings. The summed E-state index contributed by atoms with van der Waals surface area (Å²) in [6.07, 6.45) is 2.06. The summed E-state index contributed by atoms with van der Waals surface area (Å²) >= 11 is 0. The molecule has 0 saturated carbocycles. The third kappa shape index (κ3) is 7.12. The van der Waals surface area contributed by atoms with Crippen molar-refractivity contribution in [3.8, 4) is 11.5 Å². The van der Waals surface area contributed by atoms with Crippen LogP contribution in [0, 0.1) is 6.92 Å². The highest BCUT2D eigenvalue weighted by Crippen LogP contribution is 2.36. The van der Waals surface area contributed by atoms with Gasteiger partial charge in [-0.3, -0.25) is 13.9 Å². The number of rotatable bonds is 12. The predicted molar refractivity (Wildman–Crippen MR) is 154 cm³/mol. The number of carbonyl (C=O) groups is 2. The Balaban J connectivity index is 1.72. The van der Waals surface area contributed by atoms with Crippen LogP contribution in [0.25, 0.3) is 0 Å². The minimum Gasteiger partial charge on any atom is -0.454 e. The minimum atomic E-state index is -3.88. The van der Waals surface area contributed by atoms with Gasteiger partial charge in [0.25, 0.3) is 0 Å². The van der Waals surface area contributed by atoms with Crippen molar-refractivity contribution in [2.75, 3.05) is 30.4 Å². The van der Waals surface area contributed by atoms with Crippen LogP contribution in [-0.2, 0) is 32.6 Å². The first kappa shape index (κ1) is 28.9. The molecule has 10 heteroatoms. The molecule has 1 N–H and O–H groups in total. The number of amides is 2. The average molecular weight is 566 g/mol. The van der Waals surface area contributed by atoms with Crippen molar-refractivity contribution in [3.05, 3.63) is 89.5 Å². The highest BCUT2D eigenvalue weighted by molar-refractivity contribution is 7.92. The second-order valence-corrected chi connectivity index (χ2v) is 11.7. The van der Waals surface area contributed by atoms with Gasteiger partial charge in [0, 0.05) is 25.6 Å². The molecule has 0 aromatic heterocycles. The maximum atomic E-state index is 14.1. The minimum absolute atomic E-state index is 0.0365. The summed E-state index contributed by atoms with van der Waals surface area (Å²) < 4.78 is 37.7. The quantitative estimate of drug-likeness (QED) is 0.360. The van der Waals surface area contributed by atoms with Crippen molar-refractivity contribution in [1.82, 2.24) is 10.2 Å². The van der Waals surface area contributed by atoms with Crippen LogP contribution >= 0.6 is 0 Å². The number of aryl methyl sites for hydroxylation is 1. The molecule has 3 aromatic carbocycles. The van der Waals surface area contributed by atoms with E-state index < -0.39 is 28.5 Å². The van der Waals surface area contributed by atoms with Gasteiger partial charge < -0.3 is 19.7 Å². The maximum Gasteiger partial charge on any atom is 0.244 e. The van der Waals surface area contributed by atoms with Crippen molar-refractivity contribution in [2.24, 2.45) is 0 Å². The van der Waals surface area contributed by atoms with Gasteiger partial charge in [-0.1, -0.05) is 61.5 Å². The van der Waals surface area contributed by atoms with E-state index in [4.69, 9.17) is 9.47 Å². The molecule has 1 heterocycles. The monoisotopic (exact) mass is 565 g/mol. The molecule has 40 heavy (non-hydrogen) atoms. The zero-order chi connectivity index (χ0) is 28.7. The van der Waals surface area contributed by atoms with Gasteiger partial charge in [-0.25, -0.2) is 8.42 Å². The number of carbonyl (C=O) groups excluding carboxylic acids is 2. The van der Waals surface area contributed by atoms with Gasteiger partial charge in [0.05, 0.1) is 11.9 Å². The van der Waals surface area contributed by atoms with Crippen molar-refractivity contribution < 1.29 is 27.5 Å². The molecule has 0 radical (unpaired) electrons. The molecule has 9 nitrogen and oxygen atoms in total. The Kier molecular flexibility index (Phi) is 9.31. The molecule has 1 aliphatic heterocycles. The Morgan fingerprint density at radius 1 is 0.975 bits per heavy atom. The number of ether oxygens (including phenoxy) is 2. The molecule has 3 aromatic rings. The molecule has 2 amide bonds. The molecular weight excluding hydrogens is 530 g/mol. The summed E-state index contributed by atoms with van der Waals surface area (Å²) in [6, 6.07) is 21.0. The normalized spacial score (nSPS) is 13.0. The van der Waals surface area contributed by atoms with Crippen LogP contribution in [0.4, 0.5) is 5.69 Å². The number of fused-ring (bicyclic) bond motifs is 1. The zero-order valence-corrected chi connectivity index (χ0v) is 23.8. The molecule has 0 aliphatic carbocycles. The van der Waals surface area contributed by atoms with E-state index in [1.54, 1.807) is 12.1 Å². The first-order valence-electron chi connectivity index (χ1n) is 13.2. The summed E-state index contributed by atoms with van der Waals surface area (Å²) in [5.74, 6) is 0.108. The molecule has 0 saturated heterocycles. The first-order chi connectivity index (χ1) is 19.2. The molecule has 0 unspecified atom stereocenters. The molecule has 0 bridgehead atoms. The van der Waals surface area contributed by atoms with Gasteiger partial charge in [-0.15, -0.1) is 0 Å². The Hall–Kier alpha value is -4.05. The second kappa shape index (κ2) is 12.9. The summed E-state index contributed by atoms with van der Waals surface area (Å²) in [4.78, 5) is 29.1. The van der Waals surface area contributed by atoms with Crippen LogP contribution in [0.15, 0.2) is 72.8 Å². The first-order valence-corrected chi connectivity index (χ1v) is 15.0. The average Bonchev–Trinajstić information content (AvgIpc) is 3.41. The molecular formula is C30H35N3O6S. The number of nitrogens with zero attached hydrogens (tertiary/aromatic N) is 2. The van der Waals surface area contributed by atoms with Gasteiger partial charge in [0.15, 0.2) is 11.5 Å². The van der Waals surface area contributed by atoms with E-state index in [1.165, 1.54) is 11.0 Å². The Morgan fingerprint density at radius 2 is 1.68 bits per heavy atom. The highest BCUT2D eigenvalue weighted by atomic mass is 32.2. The topological polar surface area (TPSA) is 105 Å². The van der Waals surface area contributed by atoms with Gasteiger partial charge >= 0.3 is 0 Å². The van der Waals surface area contributed by atoms with Gasteiger partial charge in [0.1, 0.15) is 12.6 Å². The summed E-state index contributed by atoms with van der Waals surface area (Å²) in [5.41, 5.74) is 2.98. The highest BCUT2D eigenvalue weighted by Gasteiger charge is 2.33. The Bertz CT molecular complexity index is 1440. The fourth-order valence-electron chi connectivity index (χ4n) is 4.55. The van der Waals surface area contributed by atoms with E-state index >= 15 is 0 Å². The smallest absolute Gasteiger partial charge is 0.244 e. The number of hydrogen-bond donors (Lipinski definition) is 1. The number of benzene rings is 3. The van der Waals surface area contributed by atoms with E-state index in [1.807, 2.05) is 68.4 Å². The SMILES string of the molecule is CCCNC(=O)[C@@H](Cc1ccccc1)N(Cc1ccccc1C)C(=O)CN(c1ccc2c(c1)OCO2)S(C)(=O)=O. The van der Waals surface area contributed by atoms with Crippen LogP contribution in [0.2, 0.25) is 0 Å². The summed E-state index contributed by atoms with van der Waals surface area (Å²) in [6.45, 7) is 4.05. The lowest BCUT2D eigenvalue weighted by Crippen LogP contribution is -2.53. The Morgan fingerprint density at radius 3 is 2.38 bits per heavy atom. The van der Waals surface area contributed by atoms with E-state index in [0.29, 0.717) is 18.0 Å². The fraction of sp³-hybridized carbons (Fsp3) is 0.333. The lowest BCUT2D eigenvalue weighted by Gasteiger charge is -2.34. The van der Waals surface area contributed by atoms with Crippen molar-refractivity contribution in [3.63, 3.8) is 0 Å². The largest absolute Gasteiger partial charge is 0.454 e. The van der Waals surface area contributed by atoms with Crippen LogP contribution in [0.3, 0.4) is 0 Å². The molecule has 4 rings (SSSR count). The van der Waals surface area contributed by atoms with E-state index in [2.05, 4.69) is 5.32 Å². The van der Waals surface area contributed by atoms with Gasteiger partial charge in [0.2, 0.25) is 28.6 Å². The standard InChI is InChI=1S/C30H35N3O6S/c1-4-16-31-30(35)26(17-23-11-6-5-7-12-23)32(19-24-13-9-8-10-22(24)2)29(34)20-33(40(3,36)37)25-14-15-27-28(18-25)39-21-38-27/h5-15,18,26H,4,16-17,19-21H2,1-3H3,(H,31,35)/t26-/m1/s1. The molecule has 0 spiro atoms. The summed E-state index contributed by atoms with van der Waals surface area (Å²) in [7, 11) is -3.88. The van der Waals surface area contributed by atoms with E-state index in [9.17, 15) is 18.0 Å². The number of anilines is 1. The maximum absolute atomic E-state index is 14.1.